The van der Waals surface area contributed by atoms with Gasteiger partial charge in [0.15, 0.2) is 11.5 Å². The predicted octanol–water partition coefficient (Wildman–Crippen LogP) is 3.74. The minimum atomic E-state index is -1.11. The Kier molecular flexibility index (Phi) is 5.75. The van der Waals surface area contributed by atoms with Gasteiger partial charge in [-0.2, -0.15) is 0 Å². The lowest BCUT2D eigenvalue weighted by Crippen LogP contribution is -2.43. The Morgan fingerprint density at radius 1 is 1.28 bits per heavy atom. The number of carbonyl (C=O) groups excluding carboxylic acids is 1. The molecule has 1 aliphatic rings. The van der Waals surface area contributed by atoms with Crippen molar-refractivity contribution in [2.75, 3.05) is 13.7 Å². The third kappa shape index (κ3) is 4.64. The van der Waals surface area contributed by atoms with Crippen molar-refractivity contribution in [3.05, 3.63) is 29.5 Å². The van der Waals surface area contributed by atoms with E-state index in [1.54, 1.807) is 45.2 Å². The summed E-state index contributed by atoms with van der Waals surface area (Å²) in [5.41, 5.74) is -0.732. The minimum Gasteiger partial charge on any atom is -0.493 e. The van der Waals surface area contributed by atoms with Crippen LogP contribution in [0.15, 0.2) is 24.4 Å². The van der Waals surface area contributed by atoms with Crippen LogP contribution in [0.25, 0.3) is 10.8 Å². The van der Waals surface area contributed by atoms with Crippen LogP contribution < -0.4 is 9.47 Å². The summed E-state index contributed by atoms with van der Waals surface area (Å²) in [6.45, 7) is 5.25. The number of ether oxygens (including phenoxy) is 3. The zero-order chi connectivity index (χ0) is 21.3. The number of benzene rings is 1. The second kappa shape index (κ2) is 7.94. The van der Waals surface area contributed by atoms with Crippen molar-refractivity contribution in [3.8, 4) is 11.5 Å². The number of carboxylic acids is 1. The number of carbonyl (C=O) groups is 2. The van der Waals surface area contributed by atoms with Crippen LogP contribution in [0.2, 0.25) is 5.15 Å². The average Bonchev–Trinajstić information content (AvgIpc) is 3.05. The molecule has 0 aliphatic carbocycles. The minimum absolute atomic E-state index is 0.0772. The topological polar surface area (TPSA) is 98.2 Å². The lowest BCUT2D eigenvalue weighted by Gasteiger charge is -2.26. The van der Waals surface area contributed by atoms with Crippen molar-refractivity contribution >= 4 is 34.4 Å². The molecule has 0 radical (unpaired) electrons. The van der Waals surface area contributed by atoms with Gasteiger partial charge >= 0.3 is 12.1 Å². The number of amides is 1. The van der Waals surface area contributed by atoms with E-state index in [-0.39, 0.29) is 13.0 Å². The van der Waals surface area contributed by atoms with Crippen LogP contribution in [-0.2, 0) is 9.53 Å². The number of likely N-dealkylation sites (tertiary alicyclic amines) is 1. The lowest BCUT2D eigenvalue weighted by atomic mass is 10.1. The normalized spacial score (nSPS) is 19.3. The van der Waals surface area contributed by atoms with E-state index in [1.807, 2.05) is 0 Å². The highest BCUT2D eigenvalue weighted by molar-refractivity contribution is 6.34. The van der Waals surface area contributed by atoms with Crippen LogP contribution in [0.1, 0.15) is 27.2 Å². The number of carboxylic acid groups (broad SMARTS) is 1. The summed E-state index contributed by atoms with van der Waals surface area (Å²) in [5, 5.41) is 11.4. The largest absolute Gasteiger partial charge is 0.493 e. The van der Waals surface area contributed by atoms with E-state index in [1.165, 1.54) is 12.0 Å². The number of methoxy groups -OCH3 is 1. The summed E-state index contributed by atoms with van der Waals surface area (Å²) in [4.78, 5) is 29.4. The molecule has 0 bridgehead atoms. The number of hydrogen-bond acceptors (Lipinski definition) is 6. The van der Waals surface area contributed by atoms with Gasteiger partial charge in [0.1, 0.15) is 22.9 Å². The second-order valence-electron chi connectivity index (χ2n) is 7.79. The van der Waals surface area contributed by atoms with Crippen molar-refractivity contribution in [1.29, 1.82) is 0 Å². The van der Waals surface area contributed by atoms with Gasteiger partial charge in [-0.25, -0.2) is 14.6 Å². The Morgan fingerprint density at radius 2 is 2.00 bits per heavy atom. The van der Waals surface area contributed by atoms with Gasteiger partial charge in [0.25, 0.3) is 0 Å². The molecule has 156 valence electrons. The van der Waals surface area contributed by atoms with E-state index in [2.05, 4.69) is 4.98 Å². The fourth-order valence-corrected chi connectivity index (χ4v) is 3.44. The first-order chi connectivity index (χ1) is 13.6. The molecular formula is C20H23ClN2O6. The highest BCUT2D eigenvalue weighted by atomic mass is 35.5. The standard InChI is InChI=1S/C20H23ClN2O6/c1-20(2,3)29-19(26)23-10-12(8-14(23)18(24)25)28-16-9-13-11(7-15(16)27-4)5-6-22-17(13)21/h5-7,9,12,14H,8,10H2,1-4H3,(H,24,25)/t12-,14+/m1/s1. The maximum absolute atomic E-state index is 12.5. The van der Waals surface area contributed by atoms with Gasteiger partial charge in [-0.1, -0.05) is 11.6 Å². The van der Waals surface area contributed by atoms with Crippen molar-refractivity contribution in [3.63, 3.8) is 0 Å². The second-order valence-corrected chi connectivity index (χ2v) is 8.15. The summed E-state index contributed by atoms with van der Waals surface area (Å²) in [6, 6.07) is 4.24. The Balaban J connectivity index is 1.86. The molecule has 0 spiro atoms. The molecule has 1 aromatic carbocycles. The van der Waals surface area contributed by atoms with E-state index < -0.39 is 29.8 Å². The van der Waals surface area contributed by atoms with Gasteiger partial charge in [-0.15, -0.1) is 0 Å². The van der Waals surface area contributed by atoms with Crippen molar-refractivity contribution in [1.82, 2.24) is 9.88 Å². The smallest absolute Gasteiger partial charge is 0.411 e. The molecule has 1 saturated heterocycles. The fourth-order valence-electron chi connectivity index (χ4n) is 3.22. The zero-order valence-electron chi connectivity index (χ0n) is 16.6. The first kappa shape index (κ1) is 21.0. The number of rotatable bonds is 4. The molecule has 2 aromatic rings. The molecule has 1 fully saturated rings. The Morgan fingerprint density at radius 3 is 2.62 bits per heavy atom. The molecule has 3 rings (SSSR count). The van der Waals surface area contributed by atoms with Crippen LogP contribution in [0, 0.1) is 0 Å². The van der Waals surface area contributed by atoms with Gasteiger partial charge in [0, 0.05) is 18.0 Å². The number of halogens is 1. The van der Waals surface area contributed by atoms with Crippen molar-refractivity contribution in [2.24, 2.45) is 0 Å². The molecule has 0 unspecified atom stereocenters. The third-order valence-electron chi connectivity index (χ3n) is 4.47. The van der Waals surface area contributed by atoms with Crippen LogP contribution in [0.3, 0.4) is 0 Å². The summed E-state index contributed by atoms with van der Waals surface area (Å²) < 4.78 is 16.8. The summed E-state index contributed by atoms with van der Waals surface area (Å²) in [7, 11) is 1.51. The Hall–Kier alpha value is -2.74. The van der Waals surface area contributed by atoms with Gasteiger partial charge in [0.05, 0.1) is 13.7 Å². The third-order valence-corrected chi connectivity index (χ3v) is 4.77. The molecule has 2 heterocycles. The molecule has 1 aromatic heterocycles. The number of aromatic nitrogens is 1. The Bertz CT molecular complexity index is 942. The van der Waals surface area contributed by atoms with E-state index in [0.29, 0.717) is 22.0 Å². The lowest BCUT2D eigenvalue weighted by molar-refractivity contribution is -0.142. The molecule has 1 N–H and O–H groups in total. The molecule has 2 atom stereocenters. The molecule has 8 nitrogen and oxygen atoms in total. The molecular weight excluding hydrogens is 400 g/mol. The number of fused-ring (bicyclic) bond motifs is 1. The van der Waals surface area contributed by atoms with Crippen molar-refractivity contribution < 1.29 is 28.9 Å². The maximum Gasteiger partial charge on any atom is 0.411 e. The number of hydrogen-bond donors (Lipinski definition) is 1. The molecule has 1 aliphatic heterocycles. The van der Waals surface area contributed by atoms with Gasteiger partial charge in [-0.3, -0.25) is 4.90 Å². The van der Waals surface area contributed by atoms with E-state index in [4.69, 9.17) is 25.8 Å². The average molecular weight is 423 g/mol. The van der Waals surface area contributed by atoms with Crippen LogP contribution in [0.5, 0.6) is 11.5 Å². The first-order valence-electron chi connectivity index (χ1n) is 9.10. The zero-order valence-corrected chi connectivity index (χ0v) is 17.4. The van der Waals surface area contributed by atoms with E-state index in [9.17, 15) is 14.7 Å². The number of aliphatic carboxylic acids is 1. The van der Waals surface area contributed by atoms with Gasteiger partial charge in [-0.05, 0) is 44.4 Å². The first-order valence-corrected chi connectivity index (χ1v) is 9.48. The Labute approximate surface area is 173 Å². The van der Waals surface area contributed by atoms with Gasteiger partial charge < -0.3 is 19.3 Å². The highest BCUT2D eigenvalue weighted by Gasteiger charge is 2.43. The molecule has 9 heteroatoms. The quantitative estimate of drug-likeness (QED) is 0.749. The highest BCUT2D eigenvalue weighted by Crippen LogP contribution is 2.36. The SMILES string of the molecule is COc1cc2ccnc(Cl)c2cc1O[C@@H]1C[C@@H](C(=O)O)N(C(=O)OC(C)(C)C)C1. The number of pyridine rings is 1. The van der Waals surface area contributed by atoms with Crippen LogP contribution in [-0.4, -0.2) is 58.5 Å². The molecule has 0 saturated carbocycles. The molecule has 29 heavy (non-hydrogen) atoms. The van der Waals surface area contributed by atoms with Crippen LogP contribution in [0.4, 0.5) is 4.79 Å². The van der Waals surface area contributed by atoms with E-state index in [0.717, 1.165) is 5.39 Å². The van der Waals surface area contributed by atoms with Crippen LogP contribution >= 0.6 is 11.6 Å². The molecule has 1 amide bonds. The van der Waals surface area contributed by atoms with Crippen molar-refractivity contribution in [2.45, 2.75) is 44.9 Å². The summed E-state index contributed by atoms with van der Waals surface area (Å²) >= 11 is 6.18. The fraction of sp³-hybridized carbons (Fsp3) is 0.450. The summed E-state index contributed by atoms with van der Waals surface area (Å²) in [5.74, 6) is -0.239. The predicted molar refractivity (Wildman–Crippen MR) is 107 cm³/mol. The summed E-state index contributed by atoms with van der Waals surface area (Å²) in [6.07, 6.45) is 0.480. The number of nitrogens with zero attached hydrogens (tertiary/aromatic N) is 2. The monoisotopic (exact) mass is 422 g/mol. The maximum atomic E-state index is 12.5. The van der Waals surface area contributed by atoms with Gasteiger partial charge in [0.2, 0.25) is 0 Å². The van der Waals surface area contributed by atoms with E-state index >= 15 is 0 Å².